The molecule has 1 N–H and O–H groups in total. The molecule has 2 fully saturated rings. The van der Waals surface area contributed by atoms with Crippen molar-refractivity contribution in [2.24, 2.45) is 0 Å². The Morgan fingerprint density at radius 3 is 2.81 bits per heavy atom. The minimum atomic E-state index is -0.487. The van der Waals surface area contributed by atoms with E-state index >= 15 is 0 Å². The Balaban J connectivity index is 1.72. The number of aromatic nitrogens is 2. The molecule has 2 aromatic rings. The van der Waals surface area contributed by atoms with Gasteiger partial charge in [0.05, 0.1) is 9.50 Å². The maximum absolute atomic E-state index is 14.9. The van der Waals surface area contributed by atoms with E-state index in [-0.39, 0.29) is 22.0 Å². The number of hydrogen-bond acceptors (Lipinski definition) is 6. The summed E-state index contributed by atoms with van der Waals surface area (Å²) in [6, 6.07) is 2.22. The first kappa shape index (κ1) is 19.1. The summed E-state index contributed by atoms with van der Waals surface area (Å²) in [6.07, 6.45) is 2.20. The molecule has 1 atom stereocenters. The van der Waals surface area contributed by atoms with Gasteiger partial charge in [0.1, 0.15) is 17.9 Å². The van der Waals surface area contributed by atoms with E-state index in [0.29, 0.717) is 22.8 Å². The van der Waals surface area contributed by atoms with Crippen molar-refractivity contribution in [3.8, 4) is 6.01 Å². The molecule has 4 rings (SSSR count). The molecular weight excluding hydrogens is 437 g/mol. The van der Waals surface area contributed by atoms with Crippen molar-refractivity contribution < 1.29 is 9.13 Å². The van der Waals surface area contributed by atoms with Crippen LogP contribution in [0, 0.1) is 5.82 Å². The summed E-state index contributed by atoms with van der Waals surface area (Å²) in [5, 5.41) is 4.30. The Morgan fingerprint density at radius 1 is 1.33 bits per heavy atom. The van der Waals surface area contributed by atoms with Crippen LogP contribution >= 0.6 is 27.5 Å². The molecular formula is C18H22BrClFN5O. The number of nitrogens with zero attached hydrogens (tertiary/aromatic N) is 4. The minimum Gasteiger partial charge on any atom is -0.462 e. The van der Waals surface area contributed by atoms with Gasteiger partial charge in [0.25, 0.3) is 0 Å². The molecule has 1 aromatic carbocycles. The molecule has 27 heavy (non-hydrogen) atoms. The molecule has 0 radical (unpaired) electrons. The standard InChI is InChI=1S/C18H22BrClFN5O/c1-25-5-7-26(8-6-25)17-12-9-13(20)14(19)15(21)16(12)23-18(24-17)27-10-11-3-2-4-22-11/h9,11,22H,2-8,10H2,1H3. The van der Waals surface area contributed by atoms with Gasteiger partial charge >= 0.3 is 6.01 Å². The van der Waals surface area contributed by atoms with E-state index in [1.807, 2.05) is 0 Å². The summed E-state index contributed by atoms with van der Waals surface area (Å²) >= 11 is 9.41. The molecule has 3 heterocycles. The highest BCUT2D eigenvalue weighted by Gasteiger charge is 2.23. The van der Waals surface area contributed by atoms with Crippen LogP contribution in [-0.4, -0.2) is 67.3 Å². The largest absolute Gasteiger partial charge is 0.462 e. The number of fused-ring (bicyclic) bond motifs is 1. The smallest absolute Gasteiger partial charge is 0.319 e. The second-order valence-electron chi connectivity index (χ2n) is 7.11. The van der Waals surface area contributed by atoms with Gasteiger partial charge in [-0.3, -0.25) is 0 Å². The summed E-state index contributed by atoms with van der Waals surface area (Å²) in [5.74, 6) is 0.190. The maximum Gasteiger partial charge on any atom is 0.319 e. The lowest BCUT2D eigenvalue weighted by Crippen LogP contribution is -2.45. The van der Waals surface area contributed by atoms with Crippen LogP contribution in [0.4, 0.5) is 10.2 Å². The summed E-state index contributed by atoms with van der Waals surface area (Å²) < 4.78 is 20.9. The average molecular weight is 459 g/mol. The third-order valence-electron chi connectivity index (χ3n) is 5.17. The second kappa shape index (κ2) is 8.03. The Kier molecular flexibility index (Phi) is 5.68. The molecule has 0 bridgehead atoms. The summed E-state index contributed by atoms with van der Waals surface area (Å²) in [5.41, 5.74) is 0.226. The van der Waals surface area contributed by atoms with Crippen LogP contribution in [0.5, 0.6) is 6.01 Å². The number of benzene rings is 1. The first-order chi connectivity index (χ1) is 13.0. The minimum absolute atomic E-state index is 0.207. The van der Waals surface area contributed by atoms with E-state index in [0.717, 1.165) is 45.6 Å². The SMILES string of the molecule is CN1CCN(c2nc(OCC3CCCN3)nc3c(F)c(Br)c(Cl)cc23)CC1. The molecule has 2 aliphatic rings. The zero-order valence-corrected chi connectivity index (χ0v) is 17.5. The Morgan fingerprint density at radius 2 is 2.11 bits per heavy atom. The Bertz CT molecular complexity index is 840. The quantitative estimate of drug-likeness (QED) is 0.711. The Labute approximate surface area is 171 Å². The number of hydrogen-bond donors (Lipinski definition) is 1. The highest BCUT2D eigenvalue weighted by molar-refractivity contribution is 9.10. The van der Waals surface area contributed by atoms with E-state index in [9.17, 15) is 4.39 Å². The fourth-order valence-corrected chi connectivity index (χ4v) is 4.03. The van der Waals surface area contributed by atoms with Crippen molar-refractivity contribution in [1.29, 1.82) is 0 Å². The van der Waals surface area contributed by atoms with Crippen molar-refractivity contribution in [3.63, 3.8) is 0 Å². The number of piperazine rings is 1. The predicted molar refractivity (Wildman–Crippen MR) is 108 cm³/mol. The van der Waals surface area contributed by atoms with Crippen molar-refractivity contribution >= 4 is 44.3 Å². The van der Waals surface area contributed by atoms with E-state index in [2.05, 4.69) is 48.1 Å². The van der Waals surface area contributed by atoms with Crippen molar-refractivity contribution in [2.45, 2.75) is 18.9 Å². The van der Waals surface area contributed by atoms with E-state index in [4.69, 9.17) is 16.3 Å². The summed E-state index contributed by atoms with van der Waals surface area (Å²) in [6.45, 7) is 4.92. The zero-order valence-electron chi connectivity index (χ0n) is 15.1. The number of rotatable bonds is 4. The van der Waals surface area contributed by atoms with Gasteiger partial charge in [0.15, 0.2) is 5.82 Å². The number of halogens is 3. The molecule has 6 nitrogen and oxygen atoms in total. The molecule has 2 aliphatic heterocycles. The molecule has 1 aromatic heterocycles. The summed E-state index contributed by atoms with van der Waals surface area (Å²) in [4.78, 5) is 13.4. The predicted octanol–water partition coefficient (Wildman–Crippen LogP) is 3.07. The lowest BCUT2D eigenvalue weighted by Gasteiger charge is -2.33. The van der Waals surface area contributed by atoms with Crippen LogP contribution in [0.3, 0.4) is 0 Å². The molecule has 9 heteroatoms. The van der Waals surface area contributed by atoms with Gasteiger partial charge in [-0.15, -0.1) is 0 Å². The molecule has 2 saturated heterocycles. The first-order valence-electron chi connectivity index (χ1n) is 9.18. The number of ether oxygens (including phenoxy) is 1. The lowest BCUT2D eigenvalue weighted by molar-refractivity contribution is 0.257. The third kappa shape index (κ3) is 3.99. The maximum atomic E-state index is 14.9. The van der Waals surface area contributed by atoms with Gasteiger partial charge in [0, 0.05) is 37.6 Å². The van der Waals surface area contributed by atoms with E-state index in [1.54, 1.807) is 6.07 Å². The van der Waals surface area contributed by atoms with E-state index in [1.165, 1.54) is 0 Å². The van der Waals surface area contributed by atoms with Gasteiger partial charge in [-0.1, -0.05) is 11.6 Å². The second-order valence-corrected chi connectivity index (χ2v) is 8.31. The van der Waals surface area contributed by atoms with Crippen molar-refractivity contribution in [2.75, 3.05) is 51.3 Å². The normalized spacial score (nSPS) is 21.2. The lowest BCUT2D eigenvalue weighted by atomic mass is 10.2. The third-order valence-corrected chi connectivity index (χ3v) is 6.47. The molecule has 0 amide bonds. The number of anilines is 1. The molecule has 0 spiro atoms. The number of nitrogens with one attached hydrogen (secondary N) is 1. The van der Waals surface area contributed by atoms with Crippen LogP contribution in [0.2, 0.25) is 5.02 Å². The van der Waals surface area contributed by atoms with Crippen LogP contribution in [-0.2, 0) is 0 Å². The zero-order chi connectivity index (χ0) is 19.0. The van der Waals surface area contributed by atoms with Gasteiger partial charge in [-0.2, -0.15) is 9.97 Å². The molecule has 0 aliphatic carbocycles. The first-order valence-corrected chi connectivity index (χ1v) is 10.3. The average Bonchev–Trinajstić information content (AvgIpc) is 3.19. The molecule has 0 saturated carbocycles. The molecule has 1 unspecified atom stereocenters. The topological polar surface area (TPSA) is 53.5 Å². The van der Waals surface area contributed by atoms with Crippen LogP contribution in [0.15, 0.2) is 10.5 Å². The van der Waals surface area contributed by atoms with Crippen LogP contribution in [0.1, 0.15) is 12.8 Å². The van der Waals surface area contributed by atoms with Crippen molar-refractivity contribution in [1.82, 2.24) is 20.2 Å². The van der Waals surface area contributed by atoms with E-state index < -0.39 is 5.82 Å². The van der Waals surface area contributed by atoms with Crippen molar-refractivity contribution in [3.05, 3.63) is 21.4 Å². The van der Waals surface area contributed by atoms with Crippen LogP contribution < -0.4 is 15.0 Å². The summed E-state index contributed by atoms with van der Waals surface area (Å²) in [7, 11) is 2.09. The fourth-order valence-electron chi connectivity index (χ4n) is 3.53. The number of likely N-dealkylation sites (N-methyl/N-ethyl adjacent to an activating group) is 1. The van der Waals surface area contributed by atoms with Gasteiger partial charge in [-0.05, 0) is 48.4 Å². The highest BCUT2D eigenvalue weighted by Crippen LogP contribution is 2.36. The van der Waals surface area contributed by atoms with Gasteiger partial charge < -0.3 is 19.9 Å². The van der Waals surface area contributed by atoms with Gasteiger partial charge in [-0.25, -0.2) is 4.39 Å². The fraction of sp³-hybridized carbons (Fsp3) is 0.556. The van der Waals surface area contributed by atoms with Gasteiger partial charge in [0.2, 0.25) is 0 Å². The monoisotopic (exact) mass is 457 g/mol. The Hall–Kier alpha value is -1.22. The molecule has 146 valence electrons. The van der Waals surface area contributed by atoms with Crippen LogP contribution in [0.25, 0.3) is 10.9 Å². The highest BCUT2D eigenvalue weighted by atomic mass is 79.9.